The summed E-state index contributed by atoms with van der Waals surface area (Å²) in [4.78, 5) is 32.6. The van der Waals surface area contributed by atoms with E-state index in [-0.39, 0.29) is 0 Å². The maximum absolute atomic E-state index is 11.2. The molecule has 0 saturated carbocycles. The molecule has 0 saturated heterocycles. The van der Waals surface area contributed by atoms with Crippen LogP contribution in [0.4, 0.5) is 4.79 Å². The molecular weight excluding hydrogens is 184 g/mol. The number of rotatable bonds is 2. The average molecular weight is 198 g/mol. The van der Waals surface area contributed by atoms with Crippen molar-refractivity contribution in [2.75, 3.05) is 0 Å². The van der Waals surface area contributed by atoms with Gasteiger partial charge >= 0.3 is 6.03 Å². The third-order valence-electron chi connectivity index (χ3n) is 1.54. The van der Waals surface area contributed by atoms with Gasteiger partial charge in [0.15, 0.2) is 0 Å². The number of allylic oxidation sites excluding steroid dienone is 1. The third-order valence-corrected chi connectivity index (χ3v) is 1.54. The smallest absolute Gasteiger partial charge is 0.278 e. The Morgan fingerprint density at radius 3 is 2.14 bits per heavy atom. The maximum atomic E-state index is 11.2. The van der Waals surface area contributed by atoms with Gasteiger partial charge in [-0.25, -0.2) is 4.79 Å². The molecule has 0 aliphatic rings. The van der Waals surface area contributed by atoms with Crippen LogP contribution < -0.4 is 10.6 Å². The van der Waals surface area contributed by atoms with Gasteiger partial charge in [-0.1, -0.05) is 13.0 Å². The highest BCUT2D eigenvalue weighted by Gasteiger charge is 2.10. The monoisotopic (exact) mass is 198 g/mol. The highest BCUT2D eigenvalue weighted by molar-refractivity contribution is 6.07. The predicted octanol–water partition coefficient (Wildman–Crippen LogP) is 0.715. The molecule has 0 rings (SSSR count). The van der Waals surface area contributed by atoms with Gasteiger partial charge in [0, 0.05) is 12.5 Å². The number of hydrogen-bond acceptors (Lipinski definition) is 3. The Labute approximate surface area is 82.6 Å². The van der Waals surface area contributed by atoms with Gasteiger partial charge in [-0.2, -0.15) is 0 Å². The molecule has 78 valence electrons. The lowest BCUT2D eigenvalue weighted by Crippen LogP contribution is -2.42. The summed E-state index contributed by atoms with van der Waals surface area (Å²) >= 11 is 0. The van der Waals surface area contributed by atoms with Crippen LogP contribution in [0.15, 0.2) is 11.6 Å². The molecule has 0 radical (unpaired) electrons. The summed E-state index contributed by atoms with van der Waals surface area (Å²) in [5.74, 6) is -0.984. The molecule has 5 nitrogen and oxygen atoms in total. The van der Waals surface area contributed by atoms with Gasteiger partial charge < -0.3 is 0 Å². The van der Waals surface area contributed by atoms with Gasteiger partial charge in [0.1, 0.15) is 0 Å². The molecule has 4 amide bonds. The summed E-state index contributed by atoms with van der Waals surface area (Å²) in [7, 11) is 0. The summed E-state index contributed by atoms with van der Waals surface area (Å²) in [6.07, 6.45) is 2.16. The van der Waals surface area contributed by atoms with E-state index >= 15 is 0 Å². The van der Waals surface area contributed by atoms with Crippen molar-refractivity contribution in [2.45, 2.75) is 27.2 Å². The Morgan fingerprint density at radius 1 is 1.21 bits per heavy atom. The van der Waals surface area contributed by atoms with Crippen molar-refractivity contribution in [3.63, 3.8) is 0 Å². The van der Waals surface area contributed by atoms with Crippen LogP contribution in [-0.4, -0.2) is 17.8 Å². The van der Waals surface area contributed by atoms with E-state index in [2.05, 4.69) is 0 Å². The second-order valence-corrected chi connectivity index (χ2v) is 2.63. The highest BCUT2D eigenvalue weighted by Crippen LogP contribution is 1.98. The first-order valence-corrected chi connectivity index (χ1v) is 4.29. The van der Waals surface area contributed by atoms with Crippen LogP contribution in [0, 0.1) is 0 Å². The van der Waals surface area contributed by atoms with Crippen LogP contribution >= 0.6 is 0 Å². The van der Waals surface area contributed by atoms with Crippen LogP contribution in [0.3, 0.4) is 0 Å². The van der Waals surface area contributed by atoms with E-state index in [1.807, 2.05) is 10.6 Å². The molecule has 2 N–H and O–H groups in total. The summed E-state index contributed by atoms with van der Waals surface area (Å²) < 4.78 is 0. The summed E-state index contributed by atoms with van der Waals surface area (Å²) in [6.45, 7) is 4.71. The molecule has 0 aliphatic heterocycles. The second kappa shape index (κ2) is 5.90. The van der Waals surface area contributed by atoms with Crippen molar-refractivity contribution in [2.24, 2.45) is 0 Å². The number of carbonyl (C=O) groups excluding carboxylic acids is 3. The molecule has 0 aromatic rings. The minimum Gasteiger partial charge on any atom is -0.278 e. The molecule has 14 heavy (non-hydrogen) atoms. The van der Waals surface area contributed by atoms with Crippen LogP contribution in [0.1, 0.15) is 27.2 Å². The molecule has 0 aliphatic carbocycles. The second-order valence-electron chi connectivity index (χ2n) is 2.63. The summed E-state index contributed by atoms with van der Waals surface area (Å²) in [6, 6.07) is -0.796. The highest BCUT2D eigenvalue weighted by atomic mass is 16.2. The first-order chi connectivity index (χ1) is 6.51. The average Bonchev–Trinajstić information content (AvgIpc) is 2.04. The predicted molar refractivity (Wildman–Crippen MR) is 51.4 cm³/mol. The Hall–Kier alpha value is -1.65. The maximum Gasteiger partial charge on any atom is 0.328 e. The van der Waals surface area contributed by atoms with E-state index in [1.54, 1.807) is 19.9 Å². The van der Waals surface area contributed by atoms with Crippen molar-refractivity contribution < 1.29 is 14.4 Å². The molecular formula is C9H14N2O3. The molecule has 0 spiro atoms. The lowest BCUT2D eigenvalue weighted by molar-refractivity contribution is -0.118. The van der Waals surface area contributed by atoms with Gasteiger partial charge in [0.2, 0.25) is 5.91 Å². The number of nitrogens with one attached hydrogen (secondary N) is 2. The largest absolute Gasteiger partial charge is 0.328 e. The SMILES string of the molecule is C/C=C(/CC)C(=O)NC(=O)NC(C)=O. The number of amides is 4. The van der Waals surface area contributed by atoms with Gasteiger partial charge in [-0.15, -0.1) is 0 Å². The van der Waals surface area contributed by atoms with Crippen LogP contribution in [0.5, 0.6) is 0 Å². The molecule has 0 aromatic heterocycles. The molecule has 5 heteroatoms. The van der Waals surface area contributed by atoms with Crippen molar-refractivity contribution in [1.29, 1.82) is 0 Å². The zero-order chi connectivity index (χ0) is 11.1. The van der Waals surface area contributed by atoms with Gasteiger partial charge in [-0.05, 0) is 13.3 Å². The number of imide groups is 2. The Bertz CT molecular complexity index is 282. The molecule has 0 heterocycles. The van der Waals surface area contributed by atoms with Crippen LogP contribution in [-0.2, 0) is 9.59 Å². The topological polar surface area (TPSA) is 75.3 Å². The first kappa shape index (κ1) is 12.3. The Balaban J connectivity index is 4.19. The van der Waals surface area contributed by atoms with E-state index in [4.69, 9.17) is 0 Å². The van der Waals surface area contributed by atoms with Gasteiger partial charge in [0.25, 0.3) is 5.91 Å². The molecule has 0 unspecified atom stereocenters. The zero-order valence-corrected chi connectivity index (χ0v) is 8.51. The van der Waals surface area contributed by atoms with E-state index in [1.165, 1.54) is 6.92 Å². The molecule has 0 atom stereocenters. The van der Waals surface area contributed by atoms with Crippen LogP contribution in [0.2, 0.25) is 0 Å². The lowest BCUT2D eigenvalue weighted by atomic mass is 10.2. The normalized spacial score (nSPS) is 10.6. The Kier molecular flexibility index (Phi) is 5.21. The fourth-order valence-corrected chi connectivity index (χ4v) is 0.870. The fraction of sp³-hybridized carbons (Fsp3) is 0.444. The minimum absolute atomic E-state index is 0.478. The molecule has 0 bridgehead atoms. The first-order valence-electron chi connectivity index (χ1n) is 4.29. The molecule has 0 aromatic carbocycles. The quantitative estimate of drug-likeness (QED) is 0.642. The van der Waals surface area contributed by atoms with Crippen molar-refractivity contribution in [3.8, 4) is 0 Å². The van der Waals surface area contributed by atoms with Gasteiger partial charge in [-0.3, -0.25) is 20.2 Å². The van der Waals surface area contributed by atoms with Crippen molar-refractivity contribution in [3.05, 3.63) is 11.6 Å². The number of hydrogen-bond donors (Lipinski definition) is 2. The standard InChI is InChI=1S/C9H14N2O3/c1-4-7(5-2)8(13)11-9(14)10-6(3)12/h4H,5H2,1-3H3,(H2,10,11,12,13,14)/b7-4-. The van der Waals surface area contributed by atoms with Crippen molar-refractivity contribution in [1.82, 2.24) is 10.6 Å². The van der Waals surface area contributed by atoms with E-state index in [0.717, 1.165) is 0 Å². The van der Waals surface area contributed by atoms with E-state index in [0.29, 0.717) is 12.0 Å². The summed E-state index contributed by atoms with van der Waals surface area (Å²) in [5.41, 5.74) is 0.503. The van der Waals surface area contributed by atoms with E-state index < -0.39 is 17.8 Å². The lowest BCUT2D eigenvalue weighted by Gasteiger charge is -2.04. The third kappa shape index (κ3) is 4.39. The number of urea groups is 1. The minimum atomic E-state index is -0.796. The number of carbonyl (C=O) groups is 3. The zero-order valence-electron chi connectivity index (χ0n) is 8.51. The van der Waals surface area contributed by atoms with Gasteiger partial charge in [0.05, 0.1) is 0 Å². The Morgan fingerprint density at radius 2 is 1.79 bits per heavy atom. The van der Waals surface area contributed by atoms with Crippen LogP contribution in [0.25, 0.3) is 0 Å². The molecule has 0 fully saturated rings. The van der Waals surface area contributed by atoms with E-state index in [9.17, 15) is 14.4 Å². The fourth-order valence-electron chi connectivity index (χ4n) is 0.870. The van der Waals surface area contributed by atoms with Crippen molar-refractivity contribution >= 4 is 17.8 Å². The summed E-state index contributed by atoms with van der Waals surface area (Å²) in [5, 5.41) is 3.97.